The molecule has 1 aromatic carbocycles. The van der Waals surface area contributed by atoms with Crippen LogP contribution >= 0.6 is 0 Å². The first kappa shape index (κ1) is 12.7. The number of ether oxygens (including phenoxy) is 1. The molecule has 1 aliphatic rings. The summed E-state index contributed by atoms with van der Waals surface area (Å²) in [7, 11) is 1.63. The second kappa shape index (κ2) is 5.73. The Morgan fingerprint density at radius 2 is 2.39 bits per heavy atom. The van der Waals surface area contributed by atoms with Crippen LogP contribution in [0.5, 0.6) is 5.75 Å². The molecule has 1 aliphatic heterocycles. The van der Waals surface area contributed by atoms with Crippen molar-refractivity contribution in [1.82, 2.24) is 5.32 Å². The maximum absolute atomic E-state index is 11.9. The molecule has 0 bridgehead atoms. The molecule has 0 aromatic heterocycles. The predicted molar refractivity (Wildman–Crippen MR) is 70.8 cm³/mol. The quantitative estimate of drug-likeness (QED) is 0.811. The Morgan fingerprint density at radius 3 is 3.11 bits per heavy atom. The fourth-order valence-corrected chi connectivity index (χ4v) is 2.21. The molecule has 1 amide bonds. The van der Waals surface area contributed by atoms with Gasteiger partial charge >= 0.3 is 0 Å². The van der Waals surface area contributed by atoms with Gasteiger partial charge in [0.1, 0.15) is 11.8 Å². The number of carbonyl (C=O) groups excluding carboxylic acids is 1. The molecule has 98 valence electrons. The summed E-state index contributed by atoms with van der Waals surface area (Å²) in [5.74, 6) is 0.783. The second-order valence-electron chi connectivity index (χ2n) is 4.29. The summed E-state index contributed by atoms with van der Waals surface area (Å²) < 4.78 is 5.21. The molecule has 0 aliphatic carbocycles. The molecule has 1 heterocycles. The van der Waals surface area contributed by atoms with Gasteiger partial charge in [0.15, 0.2) is 0 Å². The zero-order valence-electron chi connectivity index (χ0n) is 10.6. The van der Waals surface area contributed by atoms with Crippen LogP contribution in [0.2, 0.25) is 0 Å². The van der Waals surface area contributed by atoms with E-state index in [-0.39, 0.29) is 11.9 Å². The van der Waals surface area contributed by atoms with E-state index in [1.54, 1.807) is 7.11 Å². The summed E-state index contributed by atoms with van der Waals surface area (Å²) in [5.41, 5.74) is 6.70. The third kappa shape index (κ3) is 2.56. The minimum absolute atomic E-state index is 0.00202. The van der Waals surface area contributed by atoms with Crippen LogP contribution in [0.25, 0.3) is 0 Å². The molecule has 3 N–H and O–H groups in total. The third-order valence-corrected chi connectivity index (χ3v) is 3.16. The molecule has 2 rings (SSSR count). The van der Waals surface area contributed by atoms with Crippen LogP contribution in [0.15, 0.2) is 24.3 Å². The molecule has 1 saturated heterocycles. The van der Waals surface area contributed by atoms with Crippen molar-refractivity contribution in [2.75, 3.05) is 31.6 Å². The SMILES string of the molecule is COc1cccc(N2CCCNC(=O)C2CN)c1. The Kier molecular flexibility index (Phi) is 4.04. The first-order chi connectivity index (χ1) is 8.76. The van der Waals surface area contributed by atoms with Gasteiger partial charge in [-0.15, -0.1) is 0 Å². The van der Waals surface area contributed by atoms with Crippen LogP contribution in [-0.2, 0) is 4.79 Å². The lowest BCUT2D eigenvalue weighted by molar-refractivity contribution is -0.121. The lowest BCUT2D eigenvalue weighted by Crippen LogP contribution is -2.49. The standard InChI is InChI=1S/C13H19N3O2/c1-18-11-5-2-4-10(8-11)16-7-3-6-15-13(17)12(16)9-14/h2,4-5,8,12H,3,6-7,9,14H2,1H3,(H,15,17). The van der Waals surface area contributed by atoms with Crippen LogP contribution in [0.4, 0.5) is 5.69 Å². The number of hydrogen-bond acceptors (Lipinski definition) is 4. The number of anilines is 1. The molecule has 0 spiro atoms. The van der Waals surface area contributed by atoms with Crippen molar-refractivity contribution in [2.45, 2.75) is 12.5 Å². The molecule has 0 radical (unpaired) electrons. The number of carbonyl (C=O) groups is 1. The van der Waals surface area contributed by atoms with Crippen molar-refractivity contribution in [3.8, 4) is 5.75 Å². The summed E-state index contributed by atoms with van der Waals surface area (Å²) in [6.07, 6.45) is 0.916. The highest BCUT2D eigenvalue weighted by molar-refractivity contribution is 5.86. The minimum Gasteiger partial charge on any atom is -0.497 e. The van der Waals surface area contributed by atoms with Crippen LogP contribution in [0.3, 0.4) is 0 Å². The van der Waals surface area contributed by atoms with Gasteiger partial charge in [-0.3, -0.25) is 4.79 Å². The van der Waals surface area contributed by atoms with Gasteiger partial charge in [-0.25, -0.2) is 0 Å². The maximum Gasteiger partial charge on any atom is 0.244 e. The number of rotatable bonds is 3. The van der Waals surface area contributed by atoms with Crippen LogP contribution < -0.4 is 20.7 Å². The fourth-order valence-electron chi connectivity index (χ4n) is 2.21. The zero-order chi connectivity index (χ0) is 13.0. The number of nitrogens with zero attached hydrogens (tertiary/aromatic N) is 1. The Bertz CT molecular complexity index is 422. The van der Waals surface area contributed by atoms with Gasteiger partial charge in [-0.1, -0.05) is 6.07 Å². The number of benzene rings is 1. The highest BCUT2D eigenvalue weighted by atomic mass is 16.5. The maximum atomic E-state index is 11.9. The van der Waals surface area contributed by atoms with E-state index in [2.05, 4.69) is 5.32 Å². The van der Waals surface area contributed by atoms with Gasteiger partial charge in [0.25, 0.3) is 0 Å². The van der Waals surface area contributed by atoms with E-state index < -0.39 is 0 Å². The Balaban J connectivity index is 2.29. The highest BCUT2D eigenvalue weighted by Gasteiger charge is 2.27. The minimum atomic E-state index is -0.306. The number of nitrogens with two attached hydrogens (primary N) is 1. The fraction of sp³-hybridized carbons (Fsp3) is 0.462. The topological polar surface area (TPSA) is 67.6 Å². The lowest BCUT2D eigenvalue weighted by Gasteiger charge is -2.29. The average molecular weight is 249 g/mol. The van der Waals surface area contributed by atoms with Crippen molar-refractivity contribution in [3.05, 3.63) is 24.3 Å². The van der Waals surface area contributed by atoms with Gasteiger partial charge in [-0.2, -0.15) is 0 Å². The van der Waals surface area contributed by atoms with Crippen LogP contribution in [0, 0.1) is 0 Å². The van der Waals surface area contributed by atoms with Gasteiger partial charge in [0.05, 0.1) is 7.11 Å². The molecule has 5 nitrogen and oxygen atoms in total. The van der Waals surface area contributed by atoms with E-state index in [0.717, 1.165) is 24.4 Å². The average Bonchev–Trinajstić information content (AvgIpc) is 2.60. The number of amides is 1. The first-order valence-electron chi connectivity index (χ1n) is 6.14. The van der Waals surface area contributed by atoms with Crippen LogP contribution in [0.1, 0.15) is 6.42 Å². The first-order valence-corrected chi connectivity index (χ1v) is 6.14. The van der Waals surface area contributed by atoms with Gasteiger partial charge < -0.3 is 20.7 Å². The Labute approximate surface area is 107 Å². The summed E-state index contributed by atoms with van der Waals surface area (Å²) in [4.78, 5) is 14.0. The van der Waals surface area contributed by atoms with E-state index >= 15 is 0 Å². The van der Waals surface area contributed by atoms with Gasteiger partial charge in [0, 0.05) is 31.4 Å². The molecular weight excluding hydrogens is 230 g/mol. The van der Waals surface area contributed by atoms with Gasteiger partial charge in [0.2, 0.25) is 5.91 Å². The molecule has 1 fully saturated rings. The van der Waals surface area contributed by atoms with Crippen molar-refractivity contribution in [1.29, 1.82) is 0 Å². The monoisotopic (exact) mass is 249 g/mol. The van der Waals surface area contributed by atoms with E-state index in [4.69, 9.17) is 10.5 Å². The summed E-state index contributed by atoms with van der Waals surface area (Å²) in [5, 5.41) is 2.88. The summed E-state index contributed by atoms with van der Waals surface area (Å²) in [6, 6.07) is 7.41. The molecular formula is C13H19N3O2. The van der Waals surface area contributed by atoms with E-state index in [1.807, 2.05) is 29.2 Å². The molecule has 1 unspecified atom stereocenters. The number of hydrogen-bond donors (Lipinski definition) is 2. The van der Waals surface area contributed by atoms with Crippen molar-refractivity contribution in [3.63, 3.8) is 0 Å². The smallest absolute Gasteiger partial charge is 0.244 e. The molecule has 0 saturated carbocycles. The highest BCUT2D eigenvalue weighted by Crippen LogP contribution is 2.23. The molecule has 1 atom stereocenters. The molecule has 5 heteroatoms. The van der Waals surface area contributed by atoms with Gasteiger partial charge in [-0.05, 0) is 18.6 Å². The lowest BCUT2D eigenvalue weighted by atomic mass is 10.2. The zero-order valence-corrected chi connectivity index (χ0v) is 10.6. The van der Waals surface area contributed by atoms with Crippen molar-refractivity contribution in [2.24, 2.45) is 5.73 Å². The molecule has 18 heavy (non-hydrogen) atoms. The summed E-state index contributed by atoms with van der Waals surface area (Å²) in [6.45, 7) is 1.83. The predicted octanol–water partition coefficient (Wildman–Crippen LogP) is 0.349. The van der Waals surface area contributed by atoms with Crippen molar-refractivity contribution < 1.29 is 9.53 Å². The second-order valence-corrected chi connectivity index (χ2v) is 4.29. The third-order valence-electron chi connectivity index (χ3n) is 3.16. The Hall–Kier alpha value is -1.75. The van der Waals surface area contributed by atoms with E-state index in [9.17, 15) is 4.79 Å². The normalized spacial score (nSPS) is 20.2. The van der Waals surface area contributed by atoms with E-state index in [0.29, 0.717) is 13.1 Å². The van der Waals surface area contributed by atoms with E-state index in [1.165, 1.54) is 0 Å². The van der Waals surface area contributed by atoms with Crippen LogP contribution in [-0.4, -0.2) is 38.7 Å². The largest absolute Gasteiger partial charge is 0.497 e. The molecule has 1 aromatic rings. The van der Waals surface area contributed by atoms with Crippen molar-refractivity contribution >= 4 is 11.6 Å². The number of methoxy groups -OCH3 is 1. The number of nitrogens with one attached hydrogen (secondary N) is 1. The summed E-state index contributed by atoms with van der Waals surface area (Å²) >= 11 is 0. The Morgan fingerprint density at radius 1 is 1.56 bits per heavy atom.